The Hall–Kier alpha value is -5.23. The summed E-state index contributed by atoms with van der Waals surface area (Å²) in [7, 11) is -6.89. The minimum Gasteiger partial charge on any atom is -0.444 e. The van der Waals surface area contributed by atoms with E-state index in [0.717, 1.165) is 77.3 Å². The summed E-state index contributed by atoms with van der Waals surface area (Å²) in [5, 5.41) is 13.9. The quantitative estimate of drug-likeness (QED) is 0.103. The molecule has 17 nitrogen and oxygen atoms in total. The number of halogens is 5. The lowest BCUT2D eigenvalue weighted by molar-refractivity contribution is -0.156. The average Bonchev–Trinajstić information content (AvgIpc) is 3.99. The number of aliphatic imine (C=N–C) groups is 2. The fourth-order valence-electron chi connectivity index (χ4n) is 11.0. The van der Waals surface area contributed by atoms with Crippen molar-refractivity contribution in [2.45, 2.75) is 108 Å². The first-order chi connectivity index (χ1) is 37.9. The molecule has 80 heavy (non-hydrogen) atoms. The fourth-order valence-corrected chi connectivity index (χ4v) is 13.9. The van der Waals surface area contributed by atoms with Crippen molar-refractivity contribution in [1.82, 2.24) is 29.5 Å². The fraction of sp³-hybridized carbons (Fsp3) is 0.536. The van der Waals surface area contributed by atoms with Crippen LogP contribution in [0.25, 0.3) is 21.5 Å². The van der Waals surface area contributed by atoms with Crippen molar-refractivity contribution in [2.24, 2.45) is 21.8 Å². The van der Waals surface area contributed by atoms with Crippen LogP contribution in [0.2, 0.25) is 0 Å². The molecule has 2 spiro atoms. The molecule has 4 aromatic rings. The molecule has 4 aromatic carbocycles. The van der Waals surface area contributed by atoms with Gasteiger partial charge in [0.15, 0.2) is 0 Å². The van der Waals surface area contributed by atoms with E-state index in [0.29, 0.717) is 70.5 Å². The van der Waals surface area contributed by atoms with Gasteiger partial charge in [0.05, 0.1) is 16.8 Å². The summed E-state index contributed by atoms with van der Waals surface area (Å²) in [5.41, 5.74) is -0.246. The summed E-state index contributed by atoms with van der Waals surface area (Å²) in [6.45, 7) is 9.62. The second kappa shape index (κ2) is 26.8. The zero-order valence-electron chi connectivity index (χ0n) is 45.3. The normalized spacial score (nSPS) is 21.4. The summed E-state index contributed by atoms with van der Waals surface area (Å²) >= 11 is 9.53. The Morgan fingerprint density at radius 1 is 0.688 bits per heavy atom. The number of aldehydes is 1. The zero-order chi connectivity index (χ0) is 57.9. The number of alkyl halides is 5. The number of benzene rings is 4. The number of amides is 3. The molecule has 2 atom stereocenters. The van der Waals surface area contributed by atoms with E-state index in [1.165, 1.54) is 4.31 Å². The van der Waals surface area contributed by atoms with Gasteiger partial charge in [-0.2, -0.15) is 13.2 Å². The summed E-state index contributed by atoms with van der Waals surface area (Å²) < 4.78 is 92.4. The second-order valence-corrected chi connectivity index (χ2v) is 26.7. The first-order valence-electron chi connectivity index (χ1n) is 27.0. The third-order valence-corrected chi connectivity index (χ3v) is 18.9. The van der Waals surface area contributed by atoms with Gasteiger partial charge in [0.2, 0.25) is 26.3 Å². The van der Waals surface area contributed by atoms with Crippen LogP contribution in [-0.4, -0.2) is 158 Å². The van der Waals surface area contributed by atoms with Crippen LogP contribution in [0.3, 0.4) is 0 Å². The van der Waals surface area contributed by atoms with Crippen LogP contribution in [0, 0.1) is 11.8 Å². The standard InChI is InChI=1S/C29H38N4O5S.C24H30N4O3S.C2HF3O.CH2Cl2/c1-28(2,3)38-27(35)32-16-7-11-23(20-32)25-30-26(34)29(31-25)14-17-33(18-15-29)39(36,37)19-13-22-10-6-9-21-8-4-5-12-24(21)22;29-23-24(27-22(26-23)20-8-4-13-25-17-20)11-14-28(15-12-24)32(30,31)16-10-19-7-3-6-18-5-1-2-9-21(18)19;3-2(4,5)1-6;2-1-3/h4-6,8-10,12,23H,7,11,13-20H2,1-3H3,(H,30,31,34);1-3,5-7,9,20,25H,4,8,10-17H2,(H,26,27,29);1H;1H2. The molecule has 2 unspecified atom stereocenters. The van der Waals surface area contributed by atoms with E-state index < -0.39 is 49.2 Å². The van der Waals surface area contributed by atoms with E-state index in [1.54, 1.807) is 9.21 Å². The average molecular weight is 1190 g/mol. The Labute approximate surface area is 476 Å². The maximum atomic E-state index is 13.2. The van der Waals surface area contributed by atoms with Crippen LogP contribution in [0.15, 0.2) is 94.9 Å². The van der Waals surface area contributed by atoms with E-state index in [2.05, 4.69) is 16.0 Å². The van der Waals surface area contributed by atoms with Crippen molar-refractivity contribution in [3.8, 4) is 0 Å². The van der Waals surface area contributed by atoms with Crippen LogP contribution in [0.4, 0.5) is 18.0 Å². The first kappa shape index (κ1) is 62.4. The van der Waals surface area contributed by atoms with E-state index in [1.807, 2.05) is 106 Å². The molecule has 0 radical (unpaired) electrons. The number of aryl methyl sites for hydroxylation is 2. The van der Waals surface area contributed by atoms with Crippen molar-refractivity contribution in [1.29, 1.82) is 0 Å². The predicted octanol–water partition coefficient (Wildman–Crippen LogP) is 7.97. The highest BCUT2D eigenvalue weighted by Crippen LogP contribution is 2.36. The van der Waals surface area contributed by atoms with Gasteiger partial charge in [0, 0.05) is 57.6 Å². The lowest BCUT2D eigenvalue weighted by Gasteiger charge is -2.35. The Morgan fingerprint density at radius 2 is 1.11 bits per heavy atom. The number of ether oxygens (including phenoxy) is 1. The van der Waals surface area contributed by atoms with Crippen LogP contribution in [0.1, 0.15) is 83.3 Å². The highest BCUT2D eigenvalue weighted by atomic mass is 35.5. The van der Waals surface area contributed by atoms with Crippen LogP contribution >= 0.6 is 23.2 Å². The van der Waals surface area contributed by atoms with Crippen molar-refractivity contribution in [3.63, 3.8) is 0 Å². The summed E-state index contributed by atoms with van der Waals surface area (Å²) in [5.74, 6) is 1.44. The minimum atomic E-state index is -4.64. The summed E-state index contributed by atoms with van der Waals surface area (Å²) in [4.78, 5) is 58.5. The van der Waals surface area contributed by atoms with Gasteiger partial charge >= 0.3 is 12.3 Å². The Morgan fingerprint density at radius 3 is 1.54 bits per heavy atom. The van der Waals surface area contributed by atoms with Crippen molar-refractivity contribution in [3.05, 3.63) is 96.1 Å². The number of rotatable bonds is 10. The molecule has 3 N–H and O–H groups in total. The van der Waals surface area contributed by atoms with Gasteiger partial charge in [-0.15, -0.1) is 23.2 Å². The number of hydrogen-bond donors (Lipinski definition) is 3. The number of sulfonamides is 2. The van der Waals surface area contributed by atoms with E-state index >= 15 is 0 Å². The van der Waals surface area contributed by atoms with E-state index in [9.17, 15) is 44.4 Å². The molecule has 0 saturated carbocycles. The summed E-state index contributed by atoms with van der Waals surface area (Å²) in [6.07, 6.45) is 0.153. The molecular weight excluding hydrogens is 1120 g/mol. The van der Waals surface area contributed by atoms with E-state index in [-0.39, 0.29) is 59.7 Å². The molecule has 6 heterocycles. The van der Waals surface area contributed by atoms with Gasteiger partial charge in [-0.3, -0.25) is 24.4 Å². The maximum absolute atomic E-state index is 13.2. The van der Waals surface area contributed by atoms with Gasteiger partial charge in [-0.25, -0.2) is 30.2 Å². The molecule has 10 rings (SSSR count). The molecule has 4 fully saturated rings. The predicted molar refractivity (Wildman–Crippen MR) is 306 cm³/mol. The SMILES string of the molecule is CC(C)(C)OC(=O)N1CCCC(C2=NC3(CCN(S(=O)(=O)CCc4cccc5ccccc45)CC3)C(=O)N2)C1.ClCCl.O=C1NC(C2CCCNC2)=NC12CCN(S(=O)(=O)CCc1cccc3ccccc13)CC2.O=CC(F)(F)F. The molecular formula is C56H71Cl2F3N8O9S2. The number of likely N-dealkylation sites (tertiary alicyclic amines) is 1. The smallest absolute Gasteiger partial charge is 0.444 e. The van der Waals surface area contributed by atoms with Crippen LogP contribution < -0.4 is 16.0 Å². The van der Waals surface area contributed by atoms with Crippen molar-refractivity contribution >= 4 is 101 Å². The lowest BCUT2D eigenvalue weighted by Crippen LogP contribution is -2.51. The molecule has 24 heteroatoms. The Bertz CT molecular complexity index is 3130. The van der Waals surface area contributed by atoms with Gasteiger partial charge in [-0.05, 0) is 124 Å². The van der Waals surface area contributed by atoms with Gasteiger partial charge < -0.3 is 25.6 Å². The Kier molecular flexibility index (Phi) is 20.9. The molecule has 436 valence electrons. The molecule has 6 aliphatic heterocycles. The van der Waals surface area contributed by atoms with Gasteiger partial charge in [-0.1, -0.05) is 84.9 Å². The largest absolute Gasteiger partial charge is 0.446 e. The first-order valence-corrected chi connectivity index (χ1v) is 31.2. The van der Waals surface area contributed by atoms with E-state index in [4.69, 9.17) is 42.7 Å². The third-order valence-electron chi connectivity index (χ3n) is 15.2. The topological polar surface area (TPSA) is 216 Å². The number of amidine groups is 2. The van der Waals surface area contributed by atoms with Gasteiger partial charge in [0.1, 0.15) is 28.4 Å². The zero-order valence-corrected chi connectivity index (χ0v) is 48.4. The van der Waals surface area contributed by atoms with Crippen LogP contribution in [0.5, 0.6) is 0 Å². The maximum Gasteiger partial charge on any atom is 0.446 e. The molecule has 0 aliphatic carbocycles. The number of hydrogen-bond acceptors (Lipinski definition) is 12. The summed E-state index contributed by atoms with van der Waals surface area (Å²) in [6, 6.07) is 28.0. The van der Waals surface area contributed by atoms with Crippen molar-refractivity contribution in [2.75, 3.05) is 69.2 Å². The molecule has 0 aromatic heterocycles. The lowest BCUT2D eigenvalue weighted by atomic mass is 9.89. The van der Waals surface area contributed by atoms with Crippen LogP contribution in [-0.2, 0) is 52.0 Å². The number of fused-ring (bicyclic) bond motifs is 2. The number of nitrogens with one attached hydrogen (secondary N) is 3. The van der Waals surface area contributed by atoms with Gasteiger partial charge in [0.25, 0.3) is 11.8 Å². The highest BCUT2D eigenvalue weighted by molar-refractivity contribution is 7.89. The Balaban J connectivity index is 0.000000203. The number of nitrogens with zero attached hydrogens (tertiary/aromatic N) is 5. The number of piperidine rings is 4. The molecule has 0 bridgehead atoms. The molecule has 4 saturated heterocycles. The number of carbonyl (C=O) groups excluding carboxylic acids is 4. The highest BCUT2D eigenvalue weighted by Gasteiger charge is 2.50. The molecule has 3 amide bonds. The second-order valence-electron chi connectivity index (χ2n) is 21.7. The van der Waals surface area contributed by atoms with Crippen molar-refractivity contribution < 1.29 is 53.9 Å². The molecule has 6 aliphatic rings. The monoisotopic (exact) mass is 1190 g/mol. The third kappa shape index (κ3) is 16.1. The number of carbonyl (C=O) groups is 4. The minimum absolute atomic E-state index is 0.0251.